The number of nitrogens with one attached hydrogen (secondary N) is 1. The van der Waals surface area contributed by atoms with Crippen molar-refractivity contribution in [2.45, 2.75) is 38.3 Å². The van der Waals surface area contributed by atoms with Gasteiger partial charge in [-0.15, -0.1) is 12.4 Å². The van der Waals surface area contributed by atoms with Gasteiger partial charge in [0.2, 0.25) is 0 Å². The third kappa shape index (κ3) is 4.69. The van der Waals surface area contributed by atoms with Crippen LogP contribution >= 0.6 is 24.0 Å². The third-order valence-electron chi connectivity index (χ3n) is 5.33. The molecule has 0 spiro atoms. The summed E-state index contributed by atoms with van der Waals surface area (Å²) in [5.41, 5.74) is 0.209. The molecule has 2 saturated heterocycles. The Morgan fingerprint density at radius 3 is 2.58 bits per heavy atom. The predicted molar refractivity (Wildman–Crippen MR) is 104 cm³/mol. The van der Waals surface area contributed by atoms with Crippen molar-refractivity contribution in [1.82, 2.24) is 13.9 Å². The van der Waals surface area contributed by atoms with Crippen molar-refractivity contribution in [3.8, 4) is 0 Å². The zero-order valence-electron chi connectivity index (χ0n) is 14.8. The van der Waals surface area contributed by atoms with E-state index in [9.17, 15) is 12.8 Å². The molecular formula is C17H26Cl2FN3O2S. The average Bonchev–Trinajstić information content (AvgIpc) is 3.13. The normalized spacial score (nSPS) is 22.5. The van der Waals surface area contributed by atoms with Crippen molar-refractivity contribution in [1.29, 1.82) is 0 Å². The molecule has 1 unspecified atom stereocenters. The molecule has 9 heteroatoms. The largest absolute Gasteiger partial charge is 0.314 e. The molecule has 2 heterocycles. The third-order valence-corrected chi connectivity index (χ3v) is 7.62. The molecule has 0 saturated carbocycles. The van der Waals surface area contributed by atoms with Gasteiger partial charge >= 0.3 is 0 Å². The summed E-state index contributed by atoms with van der Waals surface area (Å²) in [5, 5.41) is 3.76. The summed E-state index contributed by atoms with van der Waals surface area (Å²) in [6.07, 6.45) is 4.12. The number of hydrogen-bond donors (Lipinski definition) is 1. The highest BCUT2D eigenvalue weighted by Gasteiger charge is 2.34. The first-order valence-corrected chi connectivity index (χ1v) is 10.5. The highest BCUT2D eigenvalue weighted by molar-refractivity contribution is 7.86. The molecule has 0 aromatic heterocycles. The monoisotopic (exact) mass is 425 g/mol. The van der Waals surface area contributed by atoms with Gasteiger partial charge in [0, 0.05) is 43.3 Å². The summed E-state index contributed by atoms with van der Waals surface area (Å²) in [4.78, 5) is 0. The lowest BCUT2D eigenvalue weighted by Gasteiger charge is -2.36. The number of piperidine rings is 1. The number of nitrogens with zero attached hydrogens (tertiary/aromatic N) is 2. The molecular weight excluding hydrogens is 400 g/mol. The SMILES string of the molecule is CN(Cc1c(F)cccc1Cl)S(=O)(=O)N1CCC(C2CCCN2)CC1.Cl. The van der Waals surface area contributed by atoms with Crippen LogP contribution in [0.15, 0.2) is 18.2 Å². The molecule has 0 amide bonds. The molecule has 5 nitrogen and oxygen atoms in total. The van der Waals surface area contributed by atoms with E-state index >= 15 is 0 Å². The zero-order valence-corrected chi connectivity index (χ0v) is 17.2. The second-order valence-corrected chi connectivity index (χ2v) is 9.35. The molecule has 1 N–H and O–H groups in total. The summed E-state index contributed by atoms with van der Waals surface area (Å²) in [6, 6.07) is 4.90. The maximum absolute atomic E-state index is 13.9. The van der Waals surface area contributed by atoms with Crippen LogP contribution in [-0.2, 0) is 16.8 Å². The smallest absolute Gasteiger partial charge is 0.282 e. The fourth-order valence-electron chi connectivity index (χ4n) is 3.81. The Morgan fingerprint density at radius 2 is 2.00 bits per heavy atom. The fraction of sp³-hybridized carbons (Fsp3) is 0.647. The van der Waals surface area contributed by atoms with Crippen LogP contribution < -0.4 is 5.32 Å². The first-order valence-electron chi connectivity index (χ1n) is 8.77. The number of halogens is 3. The molecule has 2 fully saturated rings. The highest BCUT2D eigenvalue weighted by atomic mass is 35.5. The van der Waals surface area contributed by atoms with Gasteiger partial charge in [-0.2, -0.15) is 17.0 Å². The van der Waals surface area contributed by atoms with Crippen molar-refractivity contribution < 1.29 is 12.8 Å². The summed E-state index contributed by atoms with van der Waals surface area (Å²) in [6.45, 7) is 2.02. The maximum Gasteiger partial charge on any atom is 0.282 e. The molecule has 1 aromatic rings. The van der Waals surface area contributed by atoms with Crippen LogP contribution in [0.4, 0.5) is 4.39 Å². The van der Waals surface area contributed by atoms with Crippen LogP contribution in [0.25, 0.3) is 0 Å². The minimum absolute atomic E-state index is 0. The van der Waals surface area contributed by atoms with Gasteiger partial charge in [0.1, 0.15) is 5.82 Å². The molecule has 1 aromatic carbocycles. The van der Waals surface area contributed by atoms with E-state index in [0.29, 0.717) is 25.0 Å². The van der Waals surface area contributed by atoms with Crippen molar-refractivity contribution in [2.75, 3.05) is 26.7 Å². The van der Waals surface area contributed by atoms with Gasteiger partial charge in [0.15, 0.2) is 0 Å². The Balaban J connectivity index is 0.00000243. The zero-order chi connectivity index (χ0) is 18.0. The topological polar surface area (TPSA) is 52.7 Å². The second-order valence-electron chi connectivity index (χ2n) is 6.90. The second kappa shape index (κ2) is 9.17. The van der Waals surface area contributed by atoms with Crippen LogP contribution in [0.1, 0.15) is 31.2 Å². The molecule has 0 radical (unpaired) electrons. The van der Waals surface area contributed by atoms with Gasteiger partial charge in [0.05, 0.1) is 0 Å². The lowest BCUT2D eigenvalue weighted by molar-refractivity contribution is 0.224. The van der Waals surface area contributed by atoms with Gasteiger partial charge in [-0.05, 0) is 50.3 Å². The lowest BCUT2D eigenvalue weighted by Crippen LogP contribution is -2.47. The van der Waals surface area contributed by atoms with E-state index in [4.69, 9.17) is 11.6 Å². The standard InChI is InChI=1S/C17H25ClFN3O2S.ClH/c1-21(12-14-15(18)4-2-5-16(14)19)25(23,24)22-10-7-13(8-11-22)17-6-3-9-20-17;/h2,4-5,13,17,20H,3,6-12H2,1H3;1H. The van der Waals surface area contributed by atoms with Crippen molar-refractivity contribution >= 4 is 34.2 Å². The molecule has 2 aliphatic heterocycles. The molecule has 0 bridgehead atoms. The molecule has 1 atom stereocenters. The summed E-state index contributed by atoms with van der Waals surface area (Å²) < 4.78 is 42.3. The highest BCUT2D eigenvalue weighted by Crippen LogP contribution is 2.28. The fourth-order valence-corrected chi connectivity index (χ4v) is 5.39. The molecule has 148 valence electrons. The molecule has 2 aliphatic rings. The van der Waals surface area contributed by atoms with E-state index in [2.05, 4.69) is 5.32 Å². The van der Waals surface area contributed by atoms with E-state index < -0.39 is 16.0 Å². The van der Waals surface area contributed by atoms with Gasteiger partial charge in [0.25, 0.3) is 10.2 Å². The number of hydrogen-bond acceptors (Lipinski definition) is 3. The Kier molecular flexibility index (Phi) is 7.71. The Labute approximate surface area is 166 Å². The first-order chi connectivity index (χ1) is 11.9. The van der Waals surface area contributed by atoms with E-state index in [0.717, 1.165) is 19.4 Å². The van der Waals surface area contributed by atoms with Crippen molar-refractivity contribution in [2.24, 2.45) is 5.92 Å². The lowest BCUT2D eigenvalue weighted by atomic mass is 9.89. The average molecular weight is 426 g/mol. The van der Waals surface area contributed by atoms with E-state index in [1.54, 1.807) is 6.07 Å². The molecule has 26 heavy (non-hydrogen) atoms. The number of rotatable bonds is 5. The van der Waals surface area contributed by atoms with E-state index in [-0.39, 0.29) is 29.5 Å². The van der Waals surface area contributed by atoms with Gasteiger partial charge in [-0.1, -0.05) is 17.7 Å². The van der Waals surface area contributed by atoms with Crippen LogP contribution in [0.2, 0.25) is 5.02 Å². The Hall–Kier alpha value is -0.440. The molecule has 0 aliphatic carbocycles. The summed E-state index contributed by atoms with van der Waals surface area (Å²) in [7, 11) is -2.14. The van der Waals surface area contributed by atoms with Crippen molar-refractivity contribution in [3.05, 3.63) is 34.6 Å². The molecule has 3 rings (SSSR count). The van der Waals surface area contributed by atoms with Gasteiger partial charge < -0.3 is 5.32 Å². The first kappa shape index (κ1) is 21.9. The van der Waals surface area contributed by atoms with Gasteiger partial charge in [-0.25, -0.2) is 4.39 Å². The van der Waals surface area contributed by atoms with Gasteiger partial charge in [-0.3, -0.25) is 0 Å². The van der Waals surface area contributed by atoms with Crippen LogP contribution in [0.5, 0.6) is 0 Å². The minimum Gasteiger partial charge on any atom is -0.314 e. The summed E-state index contributed by atoms with van der Waals surface area (Å²) in [5.74, 6) is 0.0563. The van der Waals surface area contributed by atoms with E-state index in [1.807, 2.05) is 0 Å². The van der Waals surface area contributed by atoms with Crippen molar-refractivity contribution in [3.63, 3.8) is 0 Å². The number of benzene rings is 1. The quantitative estimate of drug-likeness (QED) is 0.788. The Morgan fingerprint density at radius 1 is 1.31 bits per heavy atom. The van der Waals surface area contributed by atoms with Crippen LogP contribution in [0.3, 0.4) is 0 Å². The van der Waals surface area contributed by atoms with Crippen LogP contribution in [0, 0.1) is 11.7 Å². The minimum atomic E-state index is -3.62. The summed E-state index contributed by atoms with van der Waals surface area (Å²) >= 11 is 6.02. The van der Waals surface area contributed by atoms with E-state index in [1.165, 1.54) is 40.6 Å². The Bertz CT molecular complexity index is 686. The predicted octanol–water partition coefficient (Wildman–Crippen LogP) is 3.04. The van der Waals surface area contributed by atoms with Crippen LogP contribution in [-0.4, -0.2) is 49.8 Å². The maximum atomic E-state index is 13.9.